The summed E-state index contributed by atoms with van der Waals surface area (Å²) in [4.78, 5) is 33.7. The summed E-state index contributed by atoms with van der Waals surface area (Å²) >= 11 is 2.28. The van der Waals surface area contributed by atoms with Crippen LogP contribution in [0.5, 0.6) is 0 Å². The number of rotatable bonds is 9. The van der Waals surface area contributed by atoms with Crippen LogP contribution in [0.25, 0.3) is 11.3 Å². The lowest BCUT2D eigenvalue weighted by molar-refractivity contribution is -0.0972. The fourth-order valence-corrected chi connectivity index (χ4v) is 6.85. The fraction of sp³-hybridized carbons (Fsp3) is 0.452. The molecule has 1 aliphatic carbocycles. The first-order valence-electron chi connectivity index (χ1n) is 14.3. The van der Waals surface area contributed by atoms with E-state index in [-0.39, 0.29) is 31.0 Å². The van der Waals surface area contributed by atoms with Gasteiger partial charge in [-0.15, -0.1) is 0 Å². The van der Waals surface area contributed by atoms with Crippen LogP contribution in [0.15, 0.2) is 67.0 Å². The summed E-state index contributed by atoms with van der Waals surface area (Å²) in [5.74, 6) is -0.378. The first kappa shape index (κ1) is 29.7. The van der Waals surface area contributed by atoms with Crippen molar-refractivity contribution in [2.45, 2.75) is 47.8 Å². The number of hydrogen-bond donors (Lipinski definition) is 3. The number of hydrogen-bond acceptors (Lipinski definition) is 6. The van der Waals surface area contributed by atoms with Gasteiger partial charge in [0.2, 0.25) is 0 Å². The van der Waals surface area contributed by atoms with Crippen molar-refractivity contribution in [2.75, 3.05) is 39.4 Å². The molecule has 10 heteroatoms. The number of nitrogens with zero attached hydrogens (tertiary/aromatic N) is 3. The third-order valence-electron chi connectivity index (χ3n) is 8.09. The molecule has 1 aliphatic heterocycles. The van der Waals surface area contributed by atoms with E-state index in [2.05, 4.69) is 33.2 Å². The zero-order chi connectivity index (χ0) is 28.9. The van der Waals surface area contributed by atoms with Gasteiger partial charge < -0.3 is 29.9 Å². The molecule has 3 N–H and O–H groups in total. The molecular weight excluding hydrogens is 633 g/mol. The van der Waals surface area contributed by atoms with Gasteiger partial charge in [0.15, 0.2) is 5.69 Å². The molecule has 2 heterocycles. The van der Waals surface area contributed by atoms with Crippen molar-refractivity contribution in [1.29, 1.82) is 0 Å². The highest BCUT2D eigenvalue weighted by Crippen LogP contribution is 2.41. The quantitative estimate of drug-likeness (QED) is 0.180. The molecular formula is C31H38IN5O4. The molecule has 2 aromatic carbocycles. The number of piperazine rings is 1. The summed E-state index contributed by atoms with van der Waals surface area (Å²) in [6.07, 6.45) is 5.00. The summed E-state index contributed by atoms with van der Waals surface area (Å²) in [7, 11) is 0. The Morgan fingerprint density at radius 2 is 1.88 bits per heavy atom. The number of benzene rings is 2. The van der Waals surface area contributed by atoms with Crippen molar-refractivity contribution in [2.24, 2.45) is 0 Å². The molecule has 218 valence electrons. The van der Waals surface area contributed by atoms with Crippen LogP contribution in [-0.4, -0.2) is 79.9 Å². The second kappa shape index (κ2) is 13.0. The van der Waals surface area contributed by atoms with Gasteiger partial charge in [0.05, 0.1) is 31.2 Å². The zero-order valence-electron chi connectivity index (χ0n) is 23.4. The van der Waals surface area contributed by atoms with E-state index < -0.39 is 9.15 Å². The number of halogens is 1. The van der Waals surface area contributed by atoms with Crippen molar-refractivity contribution in [3.05, 3.63) is 78.2 Å². The summed E-state index contributed by atoms with van der Waals surface area (Å²) in [6.45, 7) is 4.60. The molecule has 3 aromatic rings. The highest BCUT2D eigenvalue weighted by molar-refractivity contribution is 14.1. The van der Waals surface area contributed by atoms with Gasteiger partial charge in [-0.25, -0.2) is 4.98 Å². The standard InChI is InChI=1S/C31H38IN5O4/c1-2-41-21-30(40)16-10-9-15-25(30)36-22-35-26(27(36)23-11-5-3-6-12-23)29(39)37-18-17-33-19-31(37,32)20-34-28(38)24-13-7-4-8-14-24/h3-8,11-14,22,25,33,40H,2,9-10,15-21H2,1H3,(H,34,38)/t25?,30?,31-/m1/s1. The lowest BCUT2D eigenvalue weighted by atomic mass is 9.80. The third kappa shape index (κ3) is 6.35. The van der Waals surface area contributed by atoms with E-state index in [1.165, 1.54) is 0 Å². The van der Waals surface area contributed by atoms with Crippen molar-refractivity contribution in [1.82, 2.24) is 25.1 Å². The Hall–Kier alpha value is -2.80. The highest BCUT2D eigenvalue weighted by atomic mass is 127. The molecule has 2 amide bonds. The Labute approximate surface area is 254 Å². The smallest absolute Gasteiger partial charge is 0.275 e. The van der Waals surface area contributed by atoms with E-state index in [1.807, 2.05) is 64.9 Å². The molecule has 0 spiro atoms. The minimum atomic E-state index is -1.05. The van der Waals surface area contributed by atoms with Crippen LogP contribution in [0.1, 0.15) is 59.5 Å². The van der Waals surface area contributed by atoms with E-state index in [4.69, 9.17) is 9.72 Å². The molecule has 2 fully saturated rings. The second-order valence-corrected chi connectivity index (χ2v) is 12.8. The Kier molecular flexibility index (Phi) is 9.42. The second-order valence-electron chi connectivity index (χ2n) is 10.8. The minimum Gasteiger partial charge on any atom is -0.385 e. The number of imidazole rings is 1. The molecule has 3 atom stereocenters. The van der Waals surface area contributed by atoms with Crippen LogP contribution >= 0.6 is 22.6 Å². The number of carbonyl (C=O) groups excluding carboxylic acids is 2. The maximum absolute atomic E-state index is 14.4. The third-order valence-corrected chi connectivity index (χ3v) is 9.43. The Morgan fingerprint density at radius 1 is 1.15 bits per heavy atom. The van der Waals surface area contributed by atoms with Crippen LogP contribution in [0.4, 0.5) is 0 Å². The largest absolute Gasteiger partial charge is 0.385 e. The Balaban J connectivity index is 1.48. The molecule has 9 nitrogen and oxygen atoms in total. The Morgan fingerprint density at radius 3 is 2.61 bits per heavy atom. The van der Waals surface area contributed by atoms with Gasteiger partial charge in [-0.05, 0) is 31.9 Å². The first-order valence-corrected chi connectivity index (χ1v) is 15.4. The molecule has 1 saturated heterocycles. The SMILES string of the molecule is CCOCC1(O)CCCCC1n1cnc(C(=O)N2CCNC[C@]2(I)CNC(=O)c2ccccc2)c1-c1ccccc1. The van der Waals surface area contributed by atoms with Crippen LogP contribution in [0.3, 0.4) is 0 Å². The fourth-order valence-electron chi connectivity index (χ4n) is 5.93. The Bertz CT molecular complexity index is 1340. The van der Waals surface area contributed by atoms with Crippen LogP contribution in [-0.2, 0) is 4.74 Å². The van der Waals surface area contributed by atoms with Gasteiger partial charge in [-0.1, -0.05) is 84.0 Å². The molecule has 0 bridgehead atoms. The number of amides is 2. The number of nitrogens with one attached hydrogen (secondary N) is 2. The summed E-state index contributed by atoms with van der Waals surface area (Å²) in [5.41, 5.74) is 1.43. The maximum atomic E-state index is 14.4. The predicted molar refractivity (Wildman–Crippen MR) is 166 cm³/mol. The van der Waals surface area contributed by atoms with Crippen LogP contribution in [0, 0.1) is 0 Å². The van der Waals surface area contributed by atoms with Gasteiger partial charge in [0, 0.05) is 37.4 Å². The topological polar surface area (TPSA) is 109 Å². The average molecular weight is 672 g/mol. The van der Waals surface area contributed by atoms with E-state index in [0.29, 0.717) is 49.6 Å². The van der Waals surface area contributed by atoms with E-state index in [1.54, 1.807) is 18.5 Å². The summed E-state index contributed by atoms with van der Waals surface area (Å²) in [5, 5.41) is 18.2. The minimum absolute atomic E-state index is 0.181. The van der Waals surface area contributed by atoms with Gasteiger partial charge in [0.1, 0.15) is 9.15 Å². The highest BCUT2D eigenvalue weighted by Gasteiger charge is 2.44. The lowest BCUT2D eigenvalue weighted by Crippen LogP contribution is -2.63. The van der Waals surface area contributed by atoms with Crippen molar-refractivity contribution >= 4 is 34.4 Å². The van der Waals surface area contributed by atoms with Crippen LogP contribution < -0.4 is 10.6 Å². The molecule has 41 heavy (non-hydrogen) atoms. The van der Waals surface area contributed by atoms with Crippen molar-refractivity contribution in [3.8, 4) is 11.3 Å². The lowest BCUT2D eigenvalue weighted by Gasteiger charge is -2.43. The van der Waals surface area contributed by atoms with E-state index in [0.717, 1.165) is 24.8 Å². The first-order chi connectivity index (χ1) is 19.9. The number of ether oxygens (including phenoxy) is 1. The zero-order valence-corrected chi connectivity index (χ0v) is 25.5. The van der Waals surface area contributed by atoms with Crippen LogP contribution in [0.2, 0.25) is 0 Å². The average Bonchev–Trinajstić information content (AvgIpc) is 3.45. The van der Waals surface area contributed by atoms with Crippen molar-refractivity contribution < 1.29 is 19.4 Å². The summed E-state index contributed by atoms with van der Waals surface area (Å²) < 4.78 is 7.02. The molecule has 1 aromatic heterocycles. The normalized spacial score (nSPS) is 24.7. The monoisotopic (exact) mass is 671 g/mol. The van der Waals surface area contributed by atoms with Gasteiger partial charge in [0.25, 0.3) is 11.8 Å². The van der Waals surface area contributed by atoms with Gasteiger partial charge in [-0.3, -0.25) is 9.59 Å². The predicted octanol–water partition coefficient (Wildman–Crippen LogP) is 4.04. The number of carbonyl (C=O) groups is 2. The van der Waals surface area contributed by atoms with Crippen molar-refractivity contribution in [3.63, 3.8) is 0 Å². The maximum Gasteiger partial charge on any atom is 0.275 e. The molecule has 0 radical (unpaired) electrons. The number of aromatic nitrogens is 2. The summed E-state index contributed by atoms with van der Waals surface area (Å²) in [6, 6.07) is 18.6. The molecule has 5 rings (SSSR count). The van der Waals surface area contributed by atoms with E-state index >= 15 is 0 Å². The number of aliphatic hydroxyl groups is 1. The van der Waals surface area contributed by atoms with Gasteiger partial charge in [-0.2, -0.15) is 0 Å². The molecule has 1 saturated carbocycles. The molecule has 2 aliphatic rings. The van der Waals surface area contributed by atoms with Gasteiger partial charge >= 0.3 is 0 Å². The van der Waals surface area contributed by atoms with E-state index in [9.17, 15) is 14.7 Å². The number of alkyl halides is 1. The molecule has 2 unspecified atom stereocenters.